The molecule has 0 saturated heterocycles. The summed E-state index contributed by atoms with van der Waals surface area (Å²) in [6, 6.07) is 3.84. The van der Waals surface area contributed by atoms with Gasteiger partial charge in [0, 0.05) is 6.08 Å². The van der Waals surface area contributed by atoms with Crippen LogP contribution >= 0.6 is 15.9 Å². The van der Waals surface area contributed by atoms with E-state index in [-0.39, 0.29) is 11.3 Å². The van der Waals surface area contributed by atoms with Crippen molar-refractivity contribution < 1.29 is 19.4 Å². The van der Waals surface area contributed by atoms with Crippen LogP contribution in [-0.4, -0.2) is 16.8 Å². The van der Waals surface area contributed by atoms with Crippen molar-refractivity contribution in [1.82, 2.24) is 0 Å². The van der Waals surface area contributed by atoms with Gasteiger partial charge in [0.25, 0.3) is 0 Å². The first-order chi connectivity index (χ1) is 9.82. The number of nitrogens with one attached hydrogen (secondary N) is 1. The second-order valence-electron chi connectivity index (χ2n) is 5.19. The quantitative estimate of drug-likeness (QED) is 0.425. The summed E-state index contributed by atoms with van der Waals surface area (Å²) in [5.74, 6) is 0.247. The van der Waals surface area contributed by atoms with E-state index >= 15 is 0 Å². The van der Waals surface area contributed by atoms with Gasteiger partial charge in [-0.1, -0.05) is 0 Å². The maximum Gasteiger partial charge on any atom is 0.349 e. The molecule has 0 fully saturated rings. The lowest BCUT2D eigenvalue weighted by Crippen LogP contribution is -2.47. The highest BCUT2D eigenvalue weighted by atomic mass is 79.9. The molecule has 0 bridgehead atoms. The van der Waals surface area contributed by atoms with Crippen LogP contribution in [0.5, 0.6) is 5.75 Å². The minimum absolute atomic E-state index is 0.0499. The third-order valence-electron chi connectivity index (χ3n) is 3.37. The summed E-state index contributed by atoms with van der Waals surface area (Å²) in [7, 11) is 0. The number of allylic oxidation sites excluding steroid dienone is 2. The van der Waals surface area contributed by atoms with E-state index in [2.05, 4.69) is 21.2 Å². The number of anilines is 1. The smallest absolute Gasteiger partial charge is 0.349 e. The Morgan fingerprint density at radius 3 is 2.76 bits per heavy atom. The molecular weight excluding hydrogens is 338 g/mol. The summed E-state index contributed by atoms with van der Waals surface area (Å²) in [6.45, 7) is 5.06. The molecule has 2 aliphatic heterocycles. The Bertz CT molecular complexity index is 719. The number of cyclic esters (lactones) is 1. The van der Waals surface area contributed by atoms with Crippen LogP contribution in [-0.2, 0) is 9.53 Å². The van der Waals surface area contributed by atoms with Gasteiger partial charge in [-0.3, -0.25) is 0 Å². The van der Waals surface area contributed by atoms with Crippen molar-refractivity contribution in [3.63, 3.8) is 0 Å². The van der Waals surface area contributed by atoms with Crippen LogP contribution in [0.4, 0.5) is 5.69 Å². The van der Waals surface area contributed by atoms with E-state index in [9.17, 15) is 9.90 Å². The summed E-state index contributed by atoms with van der Waals surface area (Å²) in [5.41, 5.74) is 0.601. The molecule has 21 heavy (non-hydrogen) atoms. The Balaban J connectivity index is 2.19. The maximum absolute atomic E-state index is 12.1. The van der Waals surface area contributed by atoms with Crippen molar-refractivity contribution in [2.45, 2.75) is 26.5 Å². The van der Waals surface area contributed by atoms with Gasteiger partial charge < -0.3 is 19.9 Å². The molecule has 1 aromatic rings. The van der Waals surface area contributed by atoms with Gasteiger partial charge in [-0.05, 0) is 54.4 Å². The summed E-state index contributed by atoms with van der Waals surface area (Å²) >= 11 is 3.45. The van der Waals surface area contributed by atoms with Crippen LogP contribution in [0.25, 0.3) is 0 Å². The summed E-state index contributed by atoms with van der Waals surface area (Å²) in [6.07, 6.45) is 1.64. The van der Waals surface area contributed by atoms with Gasteiger partial charge in [0.15, 0.2) is 5.75 Å². The molecule has 0 aromatic heterocycles. The van der Waals surface area contributed by atoms with Gasteiger partial charge >= 0.3 is 5.97 Å². The first kappa shape index (κ1) is 14.0. The maximum atomic E-state index is 12.1. The van der Waals surface area contributed by atoms with Crippen LogP contribution in [0.3, 0.4) is 0 Å². The van der Waals surface area contributed by atoms with Crippen LogP contribution < -0.4 is 10.1 Å². The number of esters is 1. The molecule has 6 heteroatoms. The molecule has 1 atom stereocenters. The molecule has 0 saturated carbocycles. The van der Waals surface area contributed by atoms with E-state index in [1.165, 1.54) is 6.92 Å². The van der Waals surface area contributed by atoms with Gasteiger partial charge in [-0.25, -0.2) is 4.79 Å². The summed E-state index contributed by atoms with van der Waals surface area (Å²) < 4.78 is 11.8. The Kier molecular flexibility index (Phi) is 3.02. The van der Waals surface area contributed by atoms with Crippen molar-refractivity contribution in [2.24, 2.45) is 0 Å². The standard InChI is InChI=1S/C15H14BrNO4/c1-7-4-10(16)13-11(5-7)17-15(21-13)6-8(2)20-14(19)12(15)9(3)18/h4-6,17-18H,1-3H3/t15-/m0/s1. The molecule has 0 unspecified atom stereocenters. The van der Waals surface area contributed by atoms with Crippen molar-refractivity contribution in [3.05, 3.63) is 45.3 Å². The van der Waals surface area contributed by atoms with Crippen molar-refractivity contribution >= 4 is 27.6 Å². The van der Waals surface area contributed by atoms with Gasteiger partial charge in [-0.2, -0.15) is 0 Å². The number of benzene rings is 1. The van der Waals surface area contributed by atoms with Crippen LogP contribution in [0, 0.1) is 6.92 Å². The lowest BCUT2D eigenvalue weighted by molar-refractivity contribution is -0.138. The molecule has 0 radical (unpaired) electrons. The Labute approximate surface area is 130 Å². The van der Waals surface area contributed by atoms with E-state index in [1.54, 1.807) is 13.0 Å². The zero-order chi connectivity index (χ0) is 15.4. The number of aryl methyl sites for hydroxylation is 1. The zero-order valence-corrected chi connectivity index (χ0v) is 13.4. The number of aliphatic hydroxyl groups excluding tert-OH is 1. The predicted octanol–water partition coefficient (Wildman–Crippen LogP) is 3.55. The van der Waals surface area contributed by atoms with E-state index in [1.807, 2.05) is 19.1 Å². The van der Waals surface area contributed by atoms with Crippen LogP contribution in [0.2, 0.25) is 0 Å². The van der Waals surface area contributed by atoms with Crippen molar-refractivity contribution in [1.29, 1.82) is 0 Å². The molecule has 0 amide bonds. The number of ether oxygens (including phenoxy) is 2. The Morgan fingerprint density at radius 1 is 1.38 bits per heavy atom. The molecule has 5 nitrogen and oxygen atoms in total. The highest BCUT2D eigenvalue weighted by molar-refractivity contribution is 9.10. The highest BCUT2D eigenvalue weighted by Crippen LogP contribution is 2.47. The van der Waals surface area contributed by atoms with E-state index in [0.717, 1.165) is 15.7 Å². The van der Waals surface area contributed by atoms with E-state index in [0.29, 0.717) is 11.5 Å². The fourth-order valence-corrected chi connectivity index (χ4v) is 3.30. The van der Waals surface area contributed by atoms with Gasteiger partial charge in [0.2, 0.25) is 5.72 Å². The average molecular weight is 352 g/mol. The summed E-state index contributed by atoms with van der Waals surface area (Å²) in [5, 5.41) is 13.1. The minimum atomic E-state index is -1.24. The first-order valence-corrected chi connectivity index (χ1v) is 7.21. The number of hydrogen-bond acceptors (Lipinski definition) is 5. The van der Waals surface area contributed by atoms with Crippen molar-refractivity contribution in [3.8, 4) is 5.75 Å². The predicted molar refractivity (Wildman–Crippen MR) is 81.0 cm³/mol. The molecule has 3 rings (SSSR count). The normalized spacial score (nSPS) is 25.7. The van der Waals surface area contributed by atoms with Crippen LogP contribution in [0.15, 0.2) is 39.8 Å². The fourth-order valence-electron chi connectivity index (χ4n) is 2.64. The van der Waals surface area contributed by atoms with E-state index in [4.69, 9.17) is 9.47 Å². The zero-order valence-electron chi connectivity index (χ0n) is 11.8. The van der Waals surface area contributed by atoms with Gasteiger partial charge in [0.1, 0.15) is 17.1 Å². The lowest BCUT2D eigenvalue weighted by atomic mass is 9.98. The number of fused-ring (bicyclic) bond motifs is 1. The Morgan fingerprint density at radius 2 is 2.10 bits per heavy atom. The SMILES string of the molecule is CC1=C[C@@]2(Nc3cc(C)cc(Br)c3O2)C(=C(C)O)C(=O)O1. The minimum Gasteiger partial charge on any atom is -0.512 e. The Hall–Kier alpha value is -1.95. The first-order valence-electron chi connectivity index (χ1n) is 6.42. The average Bonchev–Trinajstić information content (AvgIpc) is 2.65. The van der Waals surface area contributed by atoms with Crippen LogP contribution in [0.1, 0.15) is 19.4 Å². The molecule has 110 valence electrons. The molecule has 1 aromatic carbocycles. The lowest BCUT2D eigenvalue weighted by Gasteiger charge is -2.31. The fraction of sp³-hybridized carbons (Fsp3) is 0.267. The number of halogens is 1. The second-order valence-corrected chi connectivity index (χ2v) is 6.05. The summed E-state index contributed by atoms with van der Waals surface area (Å²) in [4.78, 5) is 12.1. The molecule has 0 aliphatic carbocycles. The van der Waals surface area contributed by atoms with E-state index < -0.39 is 11.7 Å². The number of carbonyl (C=O) groups excluding carboxylic acids is 1. The monoisotopic (exact) mass is 351 g/mol. The third kappa shape index (κ3) is 2.10. The highest BCUT2D eigenvalue weighted by Gasteiger charge is 2.49. The molecule has 2 aliphatic rings. The van der Waals surface area contributed by atoms with Gasteiger partial charge in [0.05, 0.1) is 10.2 Å². The molecular formula is C15H14BrNO4. The largest absolute Gasteiger partial charge is 0.512 e. The number of hydrogen-bond donors (Lipinski definition) is 2. The number of rotatable bonds is 0. The molecule has 1 spiro atoms. The number of aliphatic hydroxyl groups is 1. The topological polar surface area (TPSA) is 67.8 Å². The third-order valence-corrected chi connectivity index (χ3v) is 3.96. The van der Waals surface area contributed by atoms with Crippen molar-refractivity contribution in [2.75, 3.05) is 5.32 Å². The van der Waals surface area contributed by atoms with Gasteiger partial charge in [-0.15, -0.1) is 0 Å². The second kappa shape index (κ2) is 4.53. The molecule has 2 N–H and O–H groups in total. The molecule has 2 heterocycles. The number of carbonyl (C=O) groups is 1.